The summed E-state index contributed by atoms with van der Waals surface area (Å²) in [5.74, 6) is 1.48. The summed E-state index contributed by atoms with van der Waals surface area (Å²) in [6, 6.07) is 12.1. The molecule has 0 radical (unpaired) electrons. The minimum absolute atomic E-state index is 0.232. The van der Waals surface area contributed by atoms with Crippen LogP contribution < -0.4 is 21.2 Å². The van der Waals surface area contributed by atoms with Crippen molar-refractivity contribution < 1.29 is 14.3 Å². The van der Waals surface area contributed by atoms with Crippen LogP contribution in [0.4, 0.5) is 5.82 Å². The molecule has 208 valence electrons. The van der Waals surface area contributed by atoms with Crippen LogP contribution in [0, 0.1) is 0 Å². The van der Waals surface area contributed by atoms with Crippen LogP contribution in [0.25, 0.3) is 5.70 Å². The van der Waals surface area contributed by atoms with Crippen LogP contribution in [-0.4, -0.2) is 61.3 Å². The van der Waals surface area contributed by atoms with Crippen LogP contribution in [0.3, 0.4) is 0 Å². The van der Waals surface area contributed by atoms with Gasteiger partial charge in [0.1, 0.15) is 17.6 Å². The van der Waals surface area contributed by atoms with Crippen molar-refractivity contribution in [2.24, 2.45) is 4.99 Å². The minimum atomic E-state index is -0.406. The summed E-state index contributed by atoms with van der Waals surface area (Å²) in [4.78, 5) is 24.9. The van der Waals surface area contributed by atoms with Gasteiger partial charge in [0.2, 0.25) is 0 Å². The van der Waals surface area contributed by atoms with Crippen LogP contribution in [0.5, 0.6) is 0 Å². The molecule has 1 saturated heterocycles. The molecule has 8 heteroatoms. The third-order valence-corrected chi connectivity index (χ3v) is 7.66. The SMILES string of the molecule is CCOCCN(CCCCc1ccc2c(n1)NCCC2)CC[C@@H]1N\C2=c3/cccc/c3=N/C=C(/CC2)OC1=O. The number of pyridine rings is 1. The molecule has 5 rings (SSSR count). The Hall–Kier alpha value is -3.23. The van der Waals surface area contributed by atoms with E-state index in [1.54, 1.807) is 6.20 Å². The fourth-order valence-electron chi connectivity index (χ4n) is 5.45. The lowest BCUT2D eigenvalue weighted by Gasteiger charge is -2.28. The second-order valence-electron chi connectivity index (χ2n) is 10.5. The maximum Gasteiger partial charge on any atom is 0.333 e. The molecule has 3 aliphatic heterocycles. The van der Waals surface area contributed by atoms with Crippen molar-refractivity contribution in [1.29, 1.82) is 0 Å². The van der Waals surface area contributed by atoms with Gasteiger partial charge in [0.25, 0.3) is 0 Å². The van der Waals surface area contributed by atoms with Crippen LogP contribution in [0.15, 0.2) is 53.3 Å². The Bertz CT molecular complexity index is 1290. The second-order valence-corrected chi connectivity index (χ2v) is 10.5. The molecule has 2 N–H and O–H groups in total. The first-order chi connectivity index (χ1) is 19.2. The number of carbonyl (C=O) groups is 1. The fourth-order valence-corrected chi connectivity index (χ4v) is 5.45. The number of aromatic nitrogens is 1. The smallest absolute Gasteiger partial charge is 0.333 e. The first-order valence-electron chi connectivity index (χ1n) is 14.6. The highest BCUT2D eigenvalue weighted by Crippen LogP contribution is 2.21. The van der Waals surface area contributed by atoms with E-state index >= 15 is 0 Å². The van der Waals surface area contributed by atoms with Gasteiger partial charge in [0.05, 0.1) is 18.2 Å². The van der Waals surface area contributed by atoms with Crippen molar-refractivity contribution in [3.05, 3.63) is 70.2 Å². The predicted molar refractivity (Wildman–Crippen MR) is 152 cm³/mol. The Morgan fingerprint density at radius 2 is 2.00 bits per heavy atom. The molecule has 1 aromatic carbocycles. The largest absolute Gasteiger partial charge is 0.428 e. The van der Waals surface area contributed by atoms with Crippen LogP contribution in [-0.2, 0) is 27.1 Å². The van der Waals surface area contributed by atoms with Crippen LogP contribution in [0.2, 0.25) is 0 Å². The number of allylic oxidation sites excluding steroid dienone is 1. The second kappa shape index (κ2) is 13.7. The monoisotopic (exact) mass is 531 g/mol. The third-order valence-electron chi connectivity index (χ3n) is 7.66. The van der Waals surface area contributed by atoms with E-state index in [2.05, 4.69) is 38.7 Å². The zero-order valence-corrected chi connectivity index (χ0v) is 23.1. The highest BCUT2D eigenvalue weighted by atomic mass is 16.5. The van der Waals surface area contributed by atoms with E-state index in [9.17, 15) is 4.79 Å². The molecule has 2 aromatic rings. The number of carbonyl (C=O) groups excluding carboxylic acids is 1. The van der Waals surface area contributed by atoms with Gasteiger partial charge in [-0.3, -0.25) is 4.99 Å². The quantitative estimate of drug-likeness (QED) is 0.322. The van der Waals surface area contributed by atoms with Gasteiger partial charge < -0.3 is 25.0 Å². The summed E-state index contributed by atoms with van der Waals surface area (Å²) in [6.07, 6.45) is 9.25. The molecule has 1 atom stereocenters. The van der Waals surface area contributed by atoms with Crippen molar-refractivity contribution in [3.8, 4) is 0 Å². The minimum Gasteiger partial charge on any atom is -0.428 e. The van der Waals surface area contributed by atoms with E-state index in [-0.39, 0.29) is 5.97 Å². The summed E-state index contributed by atoms with van der Waals surface area (Å²) in [5.41, 5.74) is 3.56. The molecular weight excluding hydrogens is 490 g/mol. The number of anilines is 1. The number of rotatable bonds is 12. The number of aryl methyl sites for hydroxylation is 2. The lowest BCUT2D eigenvalue weighted by molar-refractivity contribution is -0.142. The number of benzene rings is 1. The zero-order valence-electron chi connectivity index (χ0n) is 23.1. The van der Waals surface area contributed by atoms with Crippen LogP contribution >= 0.6 is 0 Å². The Labute approximate surface area is 231 Å². The zero-order chi connectivity index (χ0) is 26.9. The number of fused-ring (bicyclic) bond motifs is 5. The Morgan fingerprint density at radius 1 is 1.08 bits per heavy atom. The number of esters is 1. The molecule has 2 bridgehead atoms. The lowest BCUT2D eigenvalue weighted by Crippen LogP contribution is -2.45. The summed E-state index contributed by atoms with van der Waals surface area (Å²) in [6.45, 7) is 7.04. The molecule has 1 fully saturated rings. The van der Waals surface area contributed by atoms with Crippen molar-refractivity contribution in [3.63, 3.8) is 0 Å². The number of unbranched alkanes of at least 4 members (excludes halogenated alkanes) is 1. The van der Waals surface area contributed by atoms with Gasteiger partial charge in [-0.25, -0.2) is 9.78 Å². The highest BCUT2D eigenvalue weighted by molar-refractivity contribution is 5.78. The molecule has 8 nitrogen and oxygen atoms in total. The molecule has 0 aliphatic carbocycles. The number of hydrogen-bond acceptors (Lipinski definition) is 8. The Morgan fingerprint density at radius 3 is 2.92 bits per heavy atom. The van der Waals surface area contributed by atoms with Gasteiger partial charge in [-0.2, -0.15) is 0 Å². The van der Waals surface area contributed by atoms with Gasteiger partial charge in [0.15, 0.2) is 0 Å². The summed E-state index contributed by atoms with van der Waals surface area (Å²) < 4.78 is 11.4. The van der Waals surface area contributed by atoms with Crippen molar-refractivity contribution in [2.75, 3.05) is 44.7 Å². The molecule has 39 heavy (non-hydrogen) atoms. The molecule has 1 aromatic heterocycles. The Kier molecular flexibility index (Phi) is 9.61. The van der Waals surface area contributed by atoms with E-state index in [0.29, 0.717) is 31.8 Å². The van der Waals surface area contributed by atoms with Crippen LogP contribution in [0.1, 0.15) is 56.7 Å². The average Bonchev–Trinajstić information content (AvgIpc) is 2.95. The summed E-state index contributed by atoms with van der Waals surface area (Å²) in [7, 11) is 0. The topological polar surface area (TPSA) is 88.1 Å². The van der Waals surface area contributed by atoms with Gasteiger partial charge in [-0.15, -0.1) is 0 Å². The number of nitrogens with zero attached hydrogens (tertiary/aromatic N) is 3. The summed E-state index contributed by atoms with van der Waals surface area (Å²) >= 11 is 0. The maximum absolute atomic E-state index is 13.1. The van der Waals surface area contributed by atoms with Gasteiger partial charge >= 0.3 is 5.97 Å². The van der Waals surface area contributed by atoms with E-state index in [0.717, 1.165) is 86.1 Å². The third kappa shape index (κ3) is 7.46. The number of hydrogen-bond donors (Lipinski definition) is 2. The maximum atomic E-state index is 13.1. The van der Waals surface area contributed by atoms with E-state index in [1.165, 1.54) is 12.0 Å². The van der Waals surface area contributed by atoms with E-state index in [4.69, 9.17) is 14.5 Å². The molecule has 4 heterocycles. The molecule has 0 saturated carbocycles. The van der Waals surface area contributed by atoms with Gasteiger partial charge in [-0.05, 0) is 76.1 Å². The normalized spacial score (nSPS) is 21.9. The van der Waals surface area contributed by atoms with E-state index in [1.807, 2.05) is 25.1 Å². The van der Waals surface area contributed by atoms with Crippen molar-refractivity contribution in [1.82, 2.24) is 15.2 Å². The molecule has 0 amide bonds. The number of nitrogens with one attached hydrogen (secondary N) is 2. The standard InChI is InChI=1S/C31H41N5O3/c1-2-38-21-20-36(18-6-5-9-24-13-12-23-8-7-17-32-30(23)34-24)19-16-29-31(37)39-25-14-15-28(35-29)26-10-3-4-11-27(26)33-22-25/h3-4,10-13,22,29,35H,2,5-9,14-21H2,1H3,(H,32,34)/b25-22-,28-26+,33-27-/t29-/m0/s1. The van der Waals surface area contributed by atoms with Crippen molar-refractivity contribution in [2.45, 2.75) is 64.3 Å². The average molecular weight is 532 g/mol. The Balaban J connectivity index is 1.19. The molecule has 0 unspecified atom stereocenters. The summed E-state index contributed by atoms with van der Waals surface area (Å²) in [5, 5.41) is 8.93. The number of ether oxygens (including phenoxy) is 2. The highest BCUT2D eigenvalue weighted by Gasteiger charge is 2.26. The molecular formula is C31H41N5O3. The molecule has 3 aliphatic rings. The van der Waals surface area contributed by atoms with Gasteiger partial charge in [0, 0.05) is 49.3 Å². The van der Waals surface area contributed by atoms with Gasteiger partial charge in [-0.1, -0.05) is 24.3 Å². The first-order valence-corrected chi connectivity index (χ1v) is 14.6. The van der Waals surface area contributed by atoms with E-state index < -0.39 is 6.04 Å². The fraction of sp³-hybridized carbons (Fsp3) is 0.516. The predicted octanol–water partition coefficient (Wildman–Crippen LogP) is 3.07. The molecule has 0 spiro atoms. The first kappa shape index (κ1) is 27.3. The van der Waals surface area contributed by atoms with Crippen molar-refractivity contribution >= 4 is 17.5 Å². The number of para-hydroxylation sites is 1. The lowest BCUT2D eigenvalue weighted by atomic mass is 10.1.